The molecule has 0 radical (unpaired) electrons. The number of piperidine rings is 1. The first-order valence-corrected chi connectivity index (χ1v) is 8.24. The van der Waals surface area contributed by atoms with Gasteiger partial charge >= 0.3 is 0 Å². The maximum absolute atomic E-state index is 12.6. The minimum atomic E-state index is -3.42. The van der Waals surface area contributed by atoms with Crippen LogP contribution in [0.15, 0.2) is 29.2 Å². The number of hydrogen-bond donors (Lipinski definition) is 0. The van der Waals surface area contributed by atoms with Crippen LogP contribution in [0.5, 0.6) is 0 Å². The van der Waals surface area contributed by atoms with Crippen molar-refractivity contribution in [2.45, 2.75) is 25.7 Å². The van der Waals surface area contributed by atoms with Crippen LogP contribution >= 0.6 is 0 Å². The molecule has 3 rings (SSSR count). The lowest BCUT2D eigenvalue weighted by atomic mass is 9.97. The lowest BCUT2D eigenvalue weighted by Crippen LogP contribution is -2.35. The second-order valence-electron chi connectivity index (χ2n) is 6.50. The number of rotatable bonds is 2. The molecule has 106 valence electrons. The zero-order valence-corrected chi connectivity index (χ0v) is 12.9. The van der Waals surface area contributed by atoms with Crippen LogP contribution < -0.4 is 0 Å². The van der Waals surface area contributed by atoms with Crippen LogP contribution in [-0.2, 0) is 10.0 Å². The molecule has 2 aliphatic rings. The van der Waals surface area contributed by atoms with Gasteiger partial charge in [0.15, 0.2) is 0 Å². The highest BCUT2D eigenvalue weighted by atomic mass is 32.2. The van der Waals surface area contributed by atoms with Gasteiger partial charge in [0.1, 0.15) is 0 Å². The van der Waals surface area contributed by atoms with E-state index in [2.05, 4.69) is 19.8 Å². The fourth-order valence-electron chi connectivity index (χ4n) is 3.59. The maximum atomic E-state index is 12.6. The number of fused-ring (bicyclic) bond motifs is 1. The third-order valence-electron chi connectivity index (χ3n) is 5.26. The smallest absolute Gasteiger partial charge is 0.207 e. The largest absolute Gasteiger partial charge is 0.243 e. The van der Waals surface area contributed by atoms with E-state index in [1.165, 1.54) is 0 Å². The van der Waals surface area contributed by atoms with Crippen LogP contribution in [0.4, 0.5) is 0 Å². The summed E-state index contributed by atoms with van der Waals surface area (Å²) in [5.41, 5.74) is 0.834. The first-order valence-electron chi connectivity index (χ1n) is 6.80. The van der Waals surface area contributed by atoms with E-state index in [-0.39, 0.29) is 16.7 Å². The summed E-state index contributed by atoms with van der Waals surface area (Å²) in [6.07, 6.45) is 5.68. The van der Waals surface area contributed by atoms with Crippen molar-refractivity contribution >= 4 is 10.0 Å². The molecule has 0 amide bonds. The van der Waals surface area contributed by atoms with Crippen molar-refractivity contribution in [3.05, 3.63) is 29.8 Å². The summed E-state index contributed by atoms with van der Waals surface area (Å²) < 4.78 is 26.8. The zero-order valence-electron chi connectivity index (χ0n) is 12.1. The molecule has 0 aromatic heterocycles. The van der Waals surface area contributed by atoms with Crippen molar-refractivity contribution in [2.75, 3.05) is 13.1 Å². The molecular formula is C16H19NO2S. The fourth-order valence-corrected chi connectivity index (χ4v) is 5.08. The minimum Gasteiger partial charge on any atom is -0.207 e. The highest BCUT2D eigenvalue weighted by Crippen LogP contribution is 2.72. The lowest BCUT2D eigenvalue weighted by Gasteiger charge is -2.24. The van der Waals surface area contributed by atoms with Crippen LogP contribution in [0.1, 0.15) is 19.4 Å². The molecule has 2 fully saturated rings. The molecule has 0 bridgehead atoms. The molecule has 1 heterocycles. The molecule has 1 saturated heterocycles. The van der Waals surface area contributed by atoms with Crippen molar-refractivity contribution in [2.24, 2.45) is 16.7 Å². The summed E-state index contributed by atoms with van der Waals surface area (Å²) >= 11 is 0. The van der Waals surface area contributed by atoms with Crippen LogP contribution in [0.25, 0.3) is 0 Å². The summed E-state index contributed by atoms with van der Waals surface area (Å²) in [5, 5.41) is 0. The van der Waals surface area contributed by atoms with Crippen LogP contribution in [-0.4, -0.2) is 25.8 Å². The van der Waals surface area contributed by atoms with Crippen LogP contribution in [0, 0.1) is 36.0 Å². The Hall–Kier alpha value is -1.31. The van der Waals surface area contributed by atoms with Gasteiger partial charge in [-0.3, -0.25) is 0 Å². The molecule has 4 heteroatoms. The molecule has 1 aliphatic heterocycles. The molecule has 2 atom stereocenters. The summed E-state index contributed by atoms with van der Waals surface area (Å²) in [4.78, 5) is 0.356. The first kappa shape index (κ1) is 13.7. The predicted molar refractivity (Wildman–Crippen MR) is 78.5 cm³/mol. The molecule has 0 unspecified atom stereocenters. The highest BCUT2D eigenvalue weighted by Gasteiger charge is 2.75. The number of benzene rings is 1. The topological polar surface area (TPSA) is 37.4 Å². The van der Waals surface area contributed by atoms with Crippen LogP contribution in [0.3, 0.4) is 0 Å². The molecule has 1 saturated carbocycles. The second-order valence-corrected chi connectivity index (χ2v) is 8.44. The Morgan fingerprint density at radius 3 is 2.40 bits per heavy atom. The fraction of sp³-hybridized carbons (Fsp3) is 0.500. The Morgan fingerprint density at radius 1 is 1.30 bits per heavy atom. The van der Waals surface area contributed by atoms with Crippen LogP contribution in [0.2, 0.25) is 0 Å². The van der Waals surface area contributed by atoms with Crippen molar-refractivity contribution in [1.82, 2.24) is 4.31 Å². The molecule has 0 spiro atoms. The first-order chi connectivity index (χ1) is 9.25. The van der Waals surface area contributed by atoms with E-state index in [0.29, 0.717) is 18.0 Å². The standard InChI is InChI=1S/C16H19NO2S/c1-5-16-11-17(10-14(16)15(16,3)4)20(18,19)13-8-6-12(2)7-9-13/h1,6-9,14H,10-11H2,2-4H3/t14-,16-/m0/s1. The molecule has 20 heavy (non-hydrogen) atoms. The zero-order chi connectivity index (χ0) is 14.8. The van der Waals surface area contributed by atoms with E-state index in [1.54, 1.807) is 16.4 Å². The van der Waals surface area contributed by atoms with E-state index in [9.17, 15) is 8.42 Å². The van der Waals surface area contributed by atoms with Gasteiger partial charge in [0.2, 0.25) is 10.0 Å². The quantitative estimate of drug-likeness (QED) is 0.783. The second kappa shape index (κ2) is 3.87. The maximum Gasteiger partial charge on any atom is 0.243 e. The van der Waals surface area contributed by atoms with Gasteiger partial charge in [-0.2, -0.15) is 4.31 Å². The average molecular weight is 289 g/mol. The number of terminal acetylenes is 1. The number of nitrogens with zero attached hydrogens (tertiary/aromatic N) is 1. The molecule has 3 nitrogen and oxygen atoms in total. The molecule has 0 N–H and O–H groups in total. The highest BCUT2D eigenvalue weighted by molar-refractivity contribution is 7.89. The predicted octanol–water partition coefficient (Wildman–Crippen LogP) is 2.27. The Morgan fingerprint density at radius 2 is 1.90 bits per heavy atom. The van der Waals surface area contributed by atoms with Gasteiger partial charge in [0, 0.05) is 13.1 Å². The van der Waals surface area contributed by atoms with Gasteiger partial charge in [-0.1, -0.05) is 37.5 Å². The van der Waals surface area contributed by atoms with Gasteiger partial charge in [-0.15, -0.1) is 6.42 Å². The van der Waals surface area contributed by atoms with Gasteiger partial charge < -0.3 is 0 Å². The van der Waals surface area contributed by atoms with Gasteiger partial charge in [-0.25, -0.2) is 8.42 Å². The number of hydrogen-bond acceptors (Lipinski definition) is 2. The number of sulfonamides is 1. The van der Waals surface area contributed by atoms with Gasteiger partial charge in [-0.05, 0) is 30.4 Å². The average Bonchev–Trinajstić information content (AvgIpc) is 2.76. The van der Waals surface area contributed by atoms with Crippen molar-refractivity contribution < 1.29 is 8.42 Å². The molecular weight excluding hydrogens is 270 g/mol. The normalized spacial score (nSPS) is 31.6. The van der Waals surface area contributed by atoms with Crippen molar-refractivity contribution in [3.63, 3.8) is 0 Å². The van der Waals surface area contributed by atoms with Gasteiger partial charge in [0.25, 0.3) is 0 Å². The lowest BCUT2D eigenvalue weighted by molar-refractivity contribution is 0.340. The van der Waals surface area contributed by atoms with Crippen molar-refractivity contribution in [3.8, 4) is 12.3 Å². The molecule has 1 aromatic rings. The summed E-state index contributed by atoms with van der Waals surface area (Å²) in [6, 6.07) is 6.99. The van der Waals surface area contributed by atoms with Crippen molar-refractivity contribution in [1.29, 1.82) is 0 Å². The third-order valence-corrected chi connectivity index (χ3v) is 7.09. The Balaban J connectivity index is 1.90. The molecule has 1 aromatic carbocycles. The monoisotopic (exact) mass is 289 g/mol. The summed E-state index contributed by atoms with van der Waals surface area (Å²) in [6.45, 7) is 7.18. The van der Waals surface area contributed by atoms with Gasteiger partial charge in [0.05, 0.1) is 10.3 Å². The third kappa shape index (κ3) is 1.54. The Bertz CT molecular complexity index is 697. The SMILES string of the molecule is C#C[C@]12CN(S(=O)(=O)c3ccc(C)cc3)C[C@H]1C2(C)C. The number of aryl methyl sites for hydroxylation is 1. The van der Waals surface area contributed by atoms with E-state index in [1.807, 2.05) is 19.1 Å². The minimum absolute atomic E-state index is 0.0566. The van der Waals surface area contributed by atoms with E-state index >= 15 is 0 Å². The summed E-state index contributed by atoms with van der Waals surface area (Å²) in [7, 11) is -3.42. The van der Waals surface area contributed by atoms with E-state index in [4.69, 9.17) is 6.42 Å². The Labute approximate surface area is 121 Å². The van der Waals surface area contributed by atoms with E-state index in [0.717, 1.165) is 5.56 Å². The summed E-state index contributed by atoms with van der Waals surface area (Å²) in [5.74, 6) is 3.14. The molecule has 1 aliphatic carbocycles. The van der Waals surface area contributed by atoms with E-state index < -0.39 is 10.0 Å². The Kier molecular flexibility index (Phi) is 2.64.